The van der Waals surface area contributed by atoms with Gasteiger partial charge in [-0.3, -0.25) is 9.36 Å². The van der Waals surface area contributed by atoms with Gasteiger partial charge in [0.05, 0.1) is 25.2 Å². The third kappa shape index (κ3) is 5.76. The zero-order valence-electron chi connectivity index (χ0n) is 21.2. The first kappa shape index (κ1) is 24.8. The predicted molar refractivity (Wildman–Crippen MR) is 139 cm³/mol. The molecule has 9 heteroatoms. The first-order chi connectivity index (χ1) is 17.9. The Balaban J connectivity index is 1.45. The number of hydrogen-bond donors (Lipinski definition) is 1. The number of aryl methyl sites for hydroxylation is 1. The van der Waals surface area contributed by atoms with Crippen LogP contribution < -0.4 is 21.4 Å². The van der Waals surface area contributed by atoms with Gasteiger partial charge in [-0.15, -0.1) is 0 Å². The van der Waals surface area contributed by atoms with Gasteiger partial charge in [0, 0.05) is 12.2 Å². The average molecular weight is 505 g/mol. The Morgan fingerprint density at radius 3 is 2.38 bits per heavy atom. The molecular weight excluding hydrogens is 472 g/mol. The summed E-state index contributed by atoms with van der Waals surface area (Å²) >= 11 is 0. The number of carbonyl (C=O) groups is 1. The Morgan fingerprint density at radius 2 is 1.76 bits per heavy atom. The van der Waals surface area contributed by atoms with Crippen molar-refractivity contribution in [1.82, 2.24) is 14.1 Å². The molecule has 0 unspecified atom stereocenters. The third-order valence-electron chi connectivity index (χ3n) is 6.93. The van der Waals surface area contributed by atoms with Crippen LogP contribution in [0, 0.1) is 18.3 Å². The predicted octanol–water partition coefficient (Wildman–Crippen LogP) is 3.64. The second-order valence-corrected chi connectivity index (χ2v) is 10.1. The first-order valence-electron chi connectivity index (χ1n) is 12.8. The van der Waals surface area contributed by atoms with Gasteiger partial charge in [0.25, 0.3) is 0 Å². The Hall–Kier alpha value is -3.88. The third-order valence-corrected chi connectivity index (χ3v) is 6.93. The second-order valence-electron chi connectivity index (χ2n) is 10.1. The molecule has 3 aromatic rings. The molecule has 37 heavy (non-hydrogen) atoms. The van der Waals surface area contributed by atoms with Crippen LogP contribution in [0.3, 0.4) is 0 Å². The van der Waals surface area contributed by atoms with Crippen LogP contribution in [0.1, 0.15) is 43.7 Å². The van der Waals surface area contributed by atoms with Gasteiger partial charge in [-0.2, -0.15) is 4.98 Å². The van der Waals surface area contributed by atoms with Gasteiger partial charge < -0.3 is 14.8 Å². The van der Waals surface area contributed by atoms with E-state index in [9.17, 15) is 14.4 Å². The first-order valence-corrected chi connectivity index (χ1v) is 12.8. The van der Waals surface area contributed by atoms with Crippen molar-refractivity contribution in [3.8, 4) is 5.75 Å². The van der Waals surface area contributed by atoms with E-state index in [1.165, 1.54) is 17.4 Å². The highest BCUT2D eigenvalue weighted by atomic mass is 16.5. The summed E-state index contributed by atoms with van der Waals surface area (Å²) in [5.41, 5.74) is 0.596. The number of benzene rings is 2. The SMILES string of the molecule is CCOC(=O)C1(Cn2c(=O)nc(Nc3ccc(OCC4CC4)cc3)n(Cc3ccc(C)cc3)c2=O)CC1. The molecule has 2 aliphatic carbocycles. The minimum atomic E-state index is -0.840. The van der Waals surface area contributed by atoms with Crippen LogP contribution in [0.2, 0.25) is 0 Å². The van der Waals surface area contributed by atoms with E-state index in [0.29, 0.717) is 24.4 Å². The van der Waals surface area contributed by atoms with E-state index in [2.05, 4.69) is 10.3 Å². The lowest BCUT2D eigenvalue weighted by Crippen LogP contribution is -2.45. The van der Waals surface area contributed by atoms with Crippen LogP contribution in [0.4, 0.5) is 11.6 Å². The van der Waals surface area contributed by atoms with Crippen LogP contribution in [0.25, 0.3) is 0 Å². The van der Waals surface area contributed by atoms with Crippen molar-refractivity contribution >= 4 is 17.6 Å². The lowest BCUT2D eigenvalue weighted by atomic mass is 10.1. The highest BCUT2D eigenvalue weighted by molar-refractivity contribution is 5.79. The van der Waals surface area contributed by atoms with Crippen LogP contribution in [-0.4, -0.2) is 33.3 Å². The Labute approximate surface area is 215 Å². The number of nitrogens with one attached hydrogen (secondary N) is 1. The molecule has 1 aromatic heterocycles. The number of nitrogens with zero attached hydrogens (tertiary/aromatic N) is 3. The van der Waals surface area contributed by atoms with E-state index in [-0.39, 0.29) is 31.6 Å². The van der Waals surface area contributed by atoms with Crippen molar-refractivity contribution in [2.24, 2.45) is 11.3 Å². The quantitative estimate of drug-likeness (QED) is 0.398. The van der Waals surface area contributed by atoms with Crippen LogP contribution in [0.5, 0.6) is 5.75 Å². The van der Waals surface area contributed by atoms with Gasteiger partial charge in [0.2, 0.25) is 5.95 Å². The fourth-order valence-electron chi connectivity index (χ4n) is 4.21. The minimum Gasteiger partial charge on any atom is -0.493 e. The zero-order valence-corrected chi connectivity index (χ0v) is 21.2. The average Bonchev–Trinajstić information content (AvgIpc) is 3.81. The summed E-state index contributed by atoms with van der Waals surface area (Å²) in [6.07, 6.45) is 3.59. The molecule has 0 radical (unpaired) electrons. The molecular formula is C28H32N4O5. The summed E-state index contributed by atoms with van der Waals surface area (Å²) in [5, 5.41) is 3.13. The minimum absolute atomic E-state index is 0.0439. The second kappa shape index (κ2) is 10.2. The van der Waals surface area contributed by atoms with Crippen molar-refractivity contribution in [2.75, 3.05) is 18.5 Å². The molecule has 9 nitrogen and oxygen atoms in total. The molecule has 0 amide bonds. The normalized spacial score (nSPS) is 15.7. The molecule has 0 spiro atoms. The Kier molecular flexibility index (Phi) is 6.86. The highest BCUT2D eigenvalue weighted by Gasteiger charge is 2.52. The van der Waals surface area contributed by atoms with Crippen molar-refractivity contribution < 1.29 is 14.3 Å². The summed E-state index contributed by atoms with van der Waals surface area (Å²) in [7, 11) is 0. The molecule has 2 fully saturated rings. The largest absolute Gasteiger partial charge is 0.493 e. The fourth-order valence-corrected chi connectivity index (χ4v) is 4.21. The van der Waals surface area contributed by atoms with E-state index in [0.717, 1.165) is 28.1 Å². The van der Waals surface area contributed by atoms with Gasteiger partial charge >= 0.3 is 17.3 Å². The van der Waals surface area contributed by atoms with E-state index < -0.39 is 16.8 Å². The summed E-state index contributed by atoms with van der Waals surface area (Å²) in [4.78, 5) is 43.4. The topological polar surface area (TPSA) is 104 Å². The van der Waals surface area contributed by atoms with Crippen LogP contribution in [-0.2, 0) is 22.6 Å². The summed E-state index contributed by atoms with van der Waals surface area (Å²) < 4.78 is 13.5. The van der Waals surface area contributed by atoms with Crippen molar-refractivity contribution in [3.05, 3.63) is 80.6 Å². The maximum absolute atomic E-state index is 13.6. The van der Waals surface area contributed by atoms with E-state index in [1.54, 1.807) is 6.92 Å². The lowest BCUT2D eigenvalue weighted by molar-refractivity contribution is -0.150. The summed E-state index contributed by atoms with van der Waals surface area (Å²) in [6.45, 7) is 4.87. The summed E-state index contributed by atoms with van der Waals surface area (Å²) in [6, 6.07) is 15.2. The number of anilines is 2. The molecule has 1 N–H and O–H groups in total. The van der Waals surface area contributed by atoms with Crippen LogP contribution in [0.15, 0.2) is 58.1 Å². The highest BCUT2D eigenvalue weighted by Crippen LogP contribution is 2.47. The molecule has 2 saturated carbocycles. The fraction of sp³-hybridized carbons (Fsp3) is 0.429. The number of carbonyl (C=O) groups excluding carboxylic acids is 1. The molecule has 0 saturated heterocycles. The molecule has 0 aliphatic heterocycles. The maximum atomic E-state index is 13.6. The lowest BCUT2D eigenvalue weighted by Gasteiger charge is -2.18. The number of rotatable bonds is 11. The molecule has 194 valence electrons. The van der Waals surface area contributed by atoms with Crippen molar-refractivity contribution in [2.45, 2.75) is 52.6 Å². The molecule has 2 aromatic carbocycles. The van der Waals surface area contributed by atoms with E-state index >= 15 is 0 Å². The molecule has 0 bridgehead atoms. The smallest absolute Gasteiger partial charge is 0.354 e. The van der Waals surface area contributed by atoms with E-state index in [1.807, 2.05) is 55.5 Å². The van der Waals surface area contributed by atoms with Gasteiger partial charge in [-0.05, 0) is 75.3 Å². The van der Waals surface area contributed by atoms with E-state index in [4.69, 9.17) is 9.47 Å². The molecule has 1 heterocycles. The molecule has 5 rings (SSSR count). The van der Waals surface area contributed by atoms with Gasteiger partial charge in [-0.1, -0.05) is 29.8 Å². The monoisotopic (exact) mass is 504 g/mol. The number of ether oxygens (including phenoxy) is 2. The molecule has 2 aliphatic rings. The van der Waals surface area contributed by atoms with Crippen molar-refractivity contribution in [3.63, 3.8) is 0 Å². The zero-order chi connectivity index (χ0) is 26.0. The van der Waals surface area contributed by atoms with Crippen LogP contribution >= 0.6 is 0 Å². The number of hydrogen-bond acceptors (Lipinski definition) is 7. The van der Waals surface area contributed by atoms with Gasteiger partial charge in [0.1, 0.15) is 5.75 Å². The summed E-state index contributed by atoms with van der Waals surface area (Å²) in [5.74, 6) is 1.19. The number of aromatic nitrogens is 3. The van der Waals surface area contributed by atoms with Gasteiger partial charge in [-0.25, -0.2) is 14.2 Å². The Morgan fingerprint density at radius 1 is 1.05 bits per heavy atom. The Bertz CT molecular complexity index is 1380. The maximum Gasteiger partial charge on any atom is 0.354 e. The number of esters is 1. The standard InChI is InChI=1S/C28H32N4O5/c1-3-36-24(33)28(14-15-28)18-32-26(34)30-25(31(27(32)35)16-20-6-4-19(2)5-7-20)29-22-10-12-23(13-11-22)37-17-21-8-9-21/h4-7,10-13,21H,3,8-9,14-18H2,1-2H3,(H,29,30,34). The molecule has 0 atom stereocenters. The van der Waals surface area contributed by atoms with Crippen molar-refractivity contribution in [1.29, 1.82) is 0 Å². The van der Waals surface area contributed by atoms with Gasteiger partial charge in [0.15, 0.2) is 0 Å².